The van der Waals surface area contributed by atoms with E-state index < -0.39 is 24.0 Å². The molecule has 1 aromatic rings. The van der Waals surface area contributed by atoms with Crippen molar-refractivity contribution < 1.29 is 14.7 Å². The van der Waals surface area contributed by atoms with Gasteiger partial charge in [0.15, 0.2) is 0 Å². The zero-order chi connectivity index (χ0) is 18.6. The first-order chi connectivity index (χ1) is 11.8. The normalized spacial score (nSPS) is 17.8. The van der Waals surface area contributed by atoms with Crippen LogP contribution in [0.4, 0.5) is 0 Å². The van der Waals surface area contributed by atoms with E-state index >= 15 is 0 Å². The number of amides is 2. The number of imide groups is 1. The number of carbonyl (C=O) groups is 2. The summed E-state index contributed by atoms with van der Waals surface area (Å²) in [6, 6.07) is 3.44. The SMILES string of the molecule is N[C@H](CC1CCCCC1)C(O)C(=O)N(N)C(=O)c1ccc(Cl)cc1Cl. The standard InChI is InChI=1S/C17H23Cl2N3O3/c18-11-6-7-12(13(19)9-11)16(24)22(21)17(25)15(23)14(20)8-10-4-2-1-3-5-10/h6-7,9-10,14-15,23H,1-5,8,20-21H2/t14-,15?/m1/s1. The van der Waals surface area contributed by atoms with Crippen LogP contribution in [0.25, 0.3) is 0 Å². The van der Waals surface area contributed by atoms with Gasteiger partial charge < -0.3 is 10.8 Å². The molecule has 0 spiro atoms. The van der Waals surface area contributed by atoms with Gasteiger partial charge in [0.1, 0.15) is 6.10 Å². The van der Waals surface area contributed by atoms with Gasteiger partial charge in [-0.1, -0.05) is 55.3 Å². The summed E-state index contributed by atoms with van der Waals surface area (Å²) in [6.07, 6.45) is 4.55. The van der Waals surface area contributed by atoms with Crippen LogP contribution in [0.1, 0.15) is 48.9 Å². The van der Waals surface area contributed by atoms with Crippen LogP contribution < -0.4 is 11.6 Å². The maximum atomic E-state index is 12.3. The summed E-state index contributed by atoms with van der Waals surface area (Å²) in [7, 11) is 0. The molecule has 1 aliphatic rings. The number of benzene rings is 1. The van der Waals surface area contributed by atoms with Gasteiger partial charge in [-0.05, 0) is 30.5 Å². The van der Waals surface area contributed by atoms with Gasteiger partial charge in [0, 0.05) is 11.1 Å². The molecule has 0 saturated heterocycles. The molecule has 6 nitrogen and oxygen atoms in total. The molecule has 2 rings (SSSR count). The predicted molar refractivity (Wildman–Crippen MR) is 97.0 cm³/mol. The van der Waals surface area contributed by atoms with E-state index in [0.717, 1.165) is 25.7 Å². The van der Waals surface area contributed by atoms with E-state index in [-0.39, 0.29) is 10.6 Å². The van der Waals surface area contributed by atoms with E-state index in [1.807, 2.05) is 0 Å². The smallest absolute Gasteiger partial charge is 0.276 e. The number of halogens is 2. The van der Waals surface area contributed by atoms with Crippen molar-refractivity contribution in [2.75, 3.05) is 0 Å². The van der Waals surface area contributed by atoms with Crippen molar-refractivity contribution in [1.29, 1.82) is 0 Å². The molecule has 0 radical (unpaired) electrons. The van der Waals surface area contributed by atoms with Crippen LogP contribution in [-0.2, 0) is 4.79 Å². The highest BCUT2D eigenvalue weighted by Crippen LogP contribution is 2.28. The van der Waals surface area contributed by atoms with Crippen molar-refractivity contribution in [1.82, 2.24) is 5.01 Å². The summed E-state index contributed by atoms with van der Waals surface area (Å²) in [5.41, 5.74) is 5.99. The Morgan fingerprint density at radius 1 is 1.24 bits per heavy atom. The summed E-state index contributed by atoms with van der Waals surface area (Å²) in [6.45, 7) is 0. The Kier molecular flexibility index (Phi) is 7.22. The average molecular weight is 388 g/mol. The highest BCUT2D eigenvalue weighted by molar-refractivity contribution is 6.37. The fourth-order valence-electron chi connectivity index (χ4n) is 3.16. The third-order valence-corrected chi connectivity index (χ3v) is 5.15. The average Bonchev–Trinajstić information content (AvgIpc) is 2.60. The number of aliphatic hydroxyl groups excluding tert-OH is 1. The van der Waals surface area contributed by atoms with E-state index in [1.54, 1.807) is 0 Å². The Morgan fingerprint density at radius 2 is 1.88 bits per heavy atom. The van der Waals surface area contributed by atoms with E-state index in [4.69, 9.17) is 34.8 Å². The minimum Gasteiger partial charge on any atom is -0.382 e. The molecule has 2 amide bonds. The van der Waals surface area contributed by atoms with Gasteiger partial charge >= 0.3 is 0 Å². The summed E-state index contributed by atoms with van der Waals surface area (Å²) in [5.74, 6) is 4.22. The summed E-state index contributed by atoms with van der Waals surface area (Å²) in [5, 5.41) is 11.0. The zero-order valence-electron chi connectivity index (χ0n) is 13.8. The van der Waals surface area contributed by atoms with Crippen molar-refractivity contribution in [2.24, 2.45) is 17.5 Å². The minimum absolute atomic E-state index is 0.0231. The monoisotopic (exact) mass is 387 g/mol. The van der Waals surface area contributed by atoms with Crippen LogP contribution in [0.5, 0.6) is 0 Å². The topological polar surface area (TPSA) is 110 Å². The number of carbonyl (C=O) groups excluding carboxylic acids is 2. The molecular weight excluding hydrogens is 365 g/mol. The van der Waals surface area contributed by atoms with Crippen molar-refractivity contribution in [3.8, 4) is 0 Å². The predicted octanol–water partition coefficient (Wildman–Crippen LogP) is 2.49. The van der Waals surface area contributed by atoms with Gasteiger partial charge in [-0.15, -0.1) is 0 Å². The molecule has 1 aromatic carbocycles. The fourth-order valence-corrected chi connectivity index (χ4v) is 3.64. The first kappa shape index (κ1) is 20.1. The van der Waals surface area contributed by atoms with Crippen molar-refractivity contribution >= 4 is 35.0 Å². The summed E-state index contributed by atoms with van der Waals surface area (Å²) >= 11 is 11.7. The van der Waals surface area contributed by atoms with E-state index in [1.165, 1.54) is 24.6 Å². The first-order valence-electron chi connectivity index (χ1n) is 8.33. The van der Waals surface area contributed by atoms with Crippen molar-refractivity contribution in [3.05, 3.63) is 33.8 Å². The number of nitrogens with zero attached hydrogens (tertiary/aromatic N) is 1. The maximum absolute atomic E-state index is 12.3. The second kappa shape index (κ2) is 8.96. The van der Waals surface area contributed by atoms with Crippen molar-refractivity contribution in [2.45, 2.75) is 50.7 Å². The zero-order valence-corrected chi connectivity index (χ0v) is 15.3. The lowest BCUT2D eigenvalue weighted by molar-refractivity contribution is -0.138. The number of hydrazine groups is 1. The number of rotatable bonds is 5. The molecule has 8 heteroatoms. The Bertz CT molecular complexity index is 636. The Morgan fingerprint density at radius 3 is 2.48 bits per heavy atom. The number of hydrogen-bond donors (Lipinski definition) is 3. The van der Waals surface area contributed by atoms with Gasteiger partial charge in [-0.25, -0.2) is 10.9 Å². The molecule has 25 heavy (non-hydrogen) atoms. The second-order valence-corrected chi connectivity index (χ2v) is 7.33. The molecule has 0 bridgehead atoms. The molecule has 1 aliphatic carbocycles. The largest absolute Gasteiger partial charge is 0.382 e. The fraction of sp³-hybridized carbons (Fsp3) is 0.529. The molecule has 5 N–H and O–H groups in total. The highest BCUT2D eigenvalue weighted by Gasteiger charge is 2.32. The Hall–Kier alpha value is -1.18. The molecule has 1 unspecified atom stereocenters. The van der Waals surface area contributed by atoms with Gasteiger partial charge in [0.05, 0.1) is 10.6 Å². The lowest BCUT2D eigenvalue weighted by atomic mass is 9.84. The van der Waals surface area contributed by atoms with Crippen LogP contribution in [-0.4, -0.2) is 34.1 Å². The molecule has 2 atom stereocenters. The van der Waals surface area contributed by atoms with Crippen LogP contribution in [0.15, 0.2) is 18.2 Å². The number of aliphatic hydroxyl groups is 1. The molecule has 138 valence electrons. The highest BCUT2D eigenvalue weighted by atomic mass is 35.5. The second-order valence-electron chi connectivity index (χ2n) is 6.49. The van der Waals surface area contributed by atoms with E-state index in [0.29, 0.717) is 22.4 Å². The van der Waals surface area contributed by atoms with Crippen LogP contribution in [0.2, 0.25) is 10.0 Å². The maximum Gasteiger partial charge on any atom is 0.276 e. The van der Waals surface area contributed by atoms with Gasteiger partial charge in [-0.2, -0.15) is 0 Å². The molecule has 1 fully saturated rings. The van der Waals surface area contributed by atoms with E-state index in [9.17, 15) is 14.7 Å². The molecule has 0 aromatic heterocycles. The van der Waals surface area contributed by atoms with Gasteiger partial charge in [-0.3, -0.25) is 9.59 Å². The van der Waals surface area contributed by atoms with Gasteiger partial charge in [0.2, 0.25) is 0 Å². The van der Waals surface area contributed by atoms with E-state index in [2.05, 4.69) is 0 Å². The Labute approximate surface area is 157 Å². The van der Waals surface area contributed by atoms with Crippen molar-refractivity contribution in [3.63, 3.8) is 0 Å². The lowest BCUT2D eigenvalue weighted by Gasteiger charge is -2.28. The third-order valence-electron chi connectivity index (χ3n) is 4.61. The Balaban J connectivity index is 2.00. The molecular formula is C17H23Cl2N3O3. The summed E-state index contributed by atoms with van der Waals surface area (Å²) in [4.78, 5) is 24.6. The minimum atomic E-state index is -1.54. The third kappa shape index (κ3) is 5.15. The lowest BCUT2D eigenvalue weighted by Crippen LogP contribution is -2.53. The van der Waals surface area contributed by atoms with Crippen LogP contribution >= 0.6 is 23.2 Å². The van der Waals surface area contributed by atoms with Crippen LogP contribution in [0, 0.1) is 5.92 Å². The quantitative estimate of drug-likeness (QED) is 0.408. The molecule has 0 heterocycles. The van der Waals surface area contributed by atoms with Gasteiger partial charge in [0.25, 0.3) is 11.8 Å². The first-order valence-corrected chi connectivity index (χ1v) is 9.08. The molecule has 1 saturated carbocycles. The number of hydrogen-bond acceptors (Lipinski definition) is 5. The summed E-state index contributed by atoms with van der Waals surface area (Å²) < 4.78 is 0. The van der Waals surface area contributed by atoms with Crippen LogP contribution in [0.3, 0.4) is 0 Å². The number of nitrogens with two attached hydrogens (primary N) is 2. The molecule has 0 aliphatic heterocycles.